The summed E-state index contributed by atoms with van der Waals surface area (Å²) >= 11 is 0. The van der Waals surface area contributed by atoms with E-state index in [1.807, 2.05) is 0 Å². The Balaban J connectivity index is 1.67. The lowest BCUT2D eigenvalue weighted by molar-refractivity contribution is -0.359. The molecule has 0 spiro atoms. The molecule has 2 heterocycles. The highest BCUT2D eigenvalue weighted by Gasteiger charge is 2.51. The molecule has 0 saturated carbocycles. The lowest BCUT2D eigenvalue weighted by Crippen LogP contribution is -2.65. The number of ether oxygens (including phenoxy) is 4. The third-order valence-electron chi connectivity index (χ3n) is 17.2. The molecule has 0 bridgehead atoms. The van der Waals surface area contributed by atoms with E-state index in [-0.39, 0.29) is 18.9 Å². The van der Waals surface area contributed by atoms with E-state index in [9.17, 15) is 45.6 Å². The minimum absolute atomic E-state index is 0.216. The number of rotatable bonds is 58. The van der Waals surface area contributed by atoms with Gasteiger partial charge in [0, 0.05) is 6.42 Å². The van der Waals surface area contributed by atoms with Crippen LogP contribution < -0.4 is 5.32 Å². The molecule has 0 aliphatic carbocycles. The molecule has 0 aromatic carbocycles. The van der Waals surface area contributed by atoms with Gasteiger partial charge >= 0.3 is 0 Å². The summed E-state index contributed by atoms with van der Waals surface area (Å²) in [6, 6.07) is -0.840. The predicted molar refractivity (Wildman–Crippen MR) is 350 cm³/mol. The SMILES string of the molecule is CC/C=C\C/C=C\C/C=C\C/C=C\C/C=C\CCCCCCCCCC(=O)NC(COC1OC(CO)C(OC2OC(CO)C(O)C(O)C2O)C(O)C1O)C(O)CCCCCCCCCCCCCCCCCCCCCCCCCCCCCCC. The molecule has 2 fully saturated rings. The van der Waals surface area contributed by atoms with Crippen LogP contribution in [0, 0.1) is 0 Å². The van der Waals surface area contributed by atoms with Crippen molar-refractivity contribution in [2.75, 3.05) is 19.8 Å². The van der Waals surface area contributed by atoms with Crippen LogP contribution in [0.15, 0.2) is 60.8 Å². The number of allylic oxidation sites excluding steroid dienone is 10. The average molecular weight is 1220 g/mol. The summed E-state index contributed by atoms with van der Waals surface area (Å²) in [7, 11) is 0. The van der Waals surface area contributed by atoms with Crippen molar-refractivity contribution in [1.82, 2.24) is 5.32 Å². The number of nitrogens with one attached hydrogen (secondary N) is 1. The Morgan fingerprint density at radius 2 is 0.802 bits per heavy atom. The number of hydrogen-bond acceptors (Lipinski definition) is 13. The fourth-order valence-electron chi connectivity index (χ4n) is 11.6. The summed E-state index contributed by atoms with van der Waals surface area (Å²) in [6.45, 7) is 2.78. The molecule has 12 unspecified atom stereocenters. The largest absolute Gasteiger partial charge is 0.394 e. The molecule has 14 heteroatoms. The highest BCUT2D eigenvalue weighted by Crippen LogP contribution is 2.30. The number of aliphatic hydroxyl groups excluding tert-OH is 8. The molecular formula is C72H131NO13. The van der Waals surface area contributed by atoms with E-state index < -0.39 is 86.8 Å². The van der Waals surface area contributed by atoms with Crippen LogP contribution in [0.5, 0.6) is 0 Å². The van der Waals surface area contributed by atoms with Crippen LogP contribution in [0.1, 0.15) is 296 Å². The van der Waals surface area contributed by atoms with Crippen molar-refractivity contribution in [2.24, 2.45) is 0 Å². The zero-order valence-corrected chi connectivity index (χ0v) is 54.6. The van der Waals surface area contributed by atoms with Crippen LogP contribution in [-0.4, -0.2) is 140 Å². The van der Waals surface area contributed by atoms with Crippen LogP contribution in [-0.2, 0) is 23.7 Å². The summed E-state index contributed by atoms with van der Waals surface area (Å²) in [5, 5.41) is 87.6. The number of aliphatic hydroxyl groups is 8. The fraction of sp³-hybridized carbons (Fsp3) is 0.847. The van der Waals surface area contributed by atoms with Gasteiger partial charge in [0.2, 0.25) is 5.91 Å². The summed E-state index contributed by atoms with van der Waals surface area (Å²) in [4.78, 5) is 13.3. The van der Waals surface area contributed by atoms with Gasteiger partial charge in [0.1, 0.15) is 48.8 Å². The van der Waals surface area contributed by atoms with Crippen molar-refractivity contribution in [3.63, 3.8) is 0 Å². The van der Waals surface area contributed by atoms with Crippen molar-refractivity contribution in [1.29, 1.82) is 0 Å². The summed E-state index contributed by atoms with van der Waals surface area (Å²) < 4.78 is 22.9. The molecule has 502 valence electrons. The van der Waals surface area contributed by atoms with Crippen LogP contribution in [0.3, 0.4) is 0 Å². The molecule has 2 aliphatic rings. The van der Waals surface area contributed by atoms with E-state index in [4.69, 9.17) is 18.9 Å². The second-order valence-electron chi connectivity index (χ2n) is 25.0. The molecule has 2 rings (SSSR count). The van der Waals surface area contributed by atoms with Gasteiger partial charge in [-0.2, -0.15) is 0 Å². The Morgan fingerprint density at radius 3 is 1.23 bits per heavy atom. The van der Waals surface area contributed by atoms with Crippen molar-refractivity contribution in [2.45, 2.75) is 370 Å². The molecule has 0 aromatic rings. The average Bonchev–Trinajstić information content (AvgIpc) is 2.54. The normalized spacial score (nSPS) is 23.7. The van der Waals surface area contributed by atoms with Gasteiger partial charge in [0.25, 0.3) is 0 Å². The molecule has 1 amide bonds. The topological polar surface area (TPSA) is 228 Å². The van der Waals surface area contributed by atoms with Crippen molar-refractivity contribution >= 4 is 5.91 Å². The lowest BCUT2D eigenvalue weighted by Gasteiger charge is -2.46. The Bertz CT molecular complexity index is 1670. The minimum Gasteiger partial charge on any atom is -0.394 e. The Kier molecular flexibility index (Phi) is 52.6. The van der Waals surface area contributed by atoms with Gasteiger partial charge in [0.15, 0.2) is 12.6 Å². The Hall–Kier alpha value is -2.31. The summed E-state index contributed by atoms with van der Waals surface area (Å²) in [6.07, 6.45) is 58.0. The zero-order chi connectivity index (χ0) is 62.3. The highest BCUT2D eigenvalue weighted by molar-refractivity contribution is 5.76. The number of carbonyl (C=O) groups is 1. The first-order valence-electron chi connectivity index (χ1n) is 35.5. The van der Waals surface area contributed by atoms with Gasteiger partial charge in [-0.15, -0.1) is 0 Å². The lowest BCUT2D eigenvalue weighted by atomic mass is 9.97. The second kappa shape index (κ2) is 56.7. The Morgan fingerprint density at radius 1 is 0.430 bits per heavy atom. The highest BCUT2D eigenvalue weighted by atomic mass is 16.7. The van der Waals surface area contributed by atoms with E-state index in [1.54, 1.807) is 0 Å². The van der Waals surface area contributed by atoms with Crippen LogP contribution >= 0.6 is 0 Å². The van der Waals surface area contributed by atoms with Crippen molar-refractivity contribution in [3.8, 4) is 0 Å². The molecule has 0 radical (unpaired) electrons. The van der Waals surface area contributed by atoms with Crippen molar-refractivity contribution < 1.29 is 64.6 Å². The van der Waals surface area contributed by atoms with Gasteiger partial charge in [0.05, 0.1) is 32.0 Å². The first-order valence-corrected chi connectivity index (χ1v) is 35.5. The van der Waals surface area contributed by atoms with E-state index in [1.165, 1.54) is 167 Å². The molecular weight excluding hydrogens is 1090 g/mol. The fourth-order valence-corrected chi connectivity index (χ4v) is 11.6. The standard InChI is InChI=1S/C72H131NO13/c1-3-5-7-9-11-13-15-17-19-21-23-25-27-28-29-30-31-32-34-35-37-39-41-43-45-47-49-51-53-55-61(76)60(59-83-71-69(82)67(80)70(63(58-75)85-71)86-72-68(81)66(79)65(78)62(57-74)84-72)73-64(77)56-54-52-50-48-46-44-42-40-38-36-33-26-24-22-20-18-16-14-12-10-8-6-4-2/h6,8,12,14,18,20,24,26,36,38,60-63,65-72,74-76,78-82H,3-5,7,9-11,13,15-17,19,21-23,25,27-35,37,39-59H2,1-2H3,(H,73,77)/b8-6-,14-12-,20-18-,26-24-,38-36-. The smallest absolute Gasteiger partial charge is 0.220 e. The minimum atomic E-state index is -1.79. The van der Waals surface area contributed by atoms with Gasteiger partial charge in [-0.05, 0) is 57.8 Å². The first kappa shape index (κ1) is 79.8. The summed E-state index contributed by atoms with van der Waals surface area (Å²) in [5.74, 6) is -0.216. The maximum atomic E-state index is 13.3. The number of hydrogen-bond donors (Lipinski definition) is 9. The maximum Gasteiger partial charge on any atom is 0.220 e. The molecule has 0 aromatic heterocycles. The first-order chi connectivity index (χ1) is 42.1. The quantitative estimate of drug-likeness (QED) is 0.0204. The van der Waals surface area contributed by atoms with Gasteiger partial charge in [-0.25, -0.2) is 0 Å². The van der Waals surface area contributed by atoms with Gasteiger partial charge in [-0.1, -0.05) is 293 Å². The van der Waals surface area contributed by atoms with E-state index in [0.717, 1.165) is 96.3 Å². The molecule has 14 nitrogen and oxygen atoms in total. The number of carbonyl (C=O) groups excluding carboxylic acids is 1. The van der Waals surface area contributed by atoms with E-state index >= 15 is 0 Å². The second-order valence-corrected chi connectivity index (χ2v) is 25.0. The number of unbranched alkanes of at least 4 members (excludes halogenated alkanes) is 35. The third kappa shape index (κ3) is 40.4. The predicted octanol–water partition coefficient (Wildman–Crippen LogP) is 14.5. The molecule has 2 aliphatic heterocycles. The van der Waals surface area contributed by atoms with Crippen LogP contribution in [0.2, 0.25) is 0 Å². The monoisotopic (exact) mass is 1220 g/mol. The maximum absolute atomic E-state index is 13.3. The van der Waals surface area contributed by atoms with Gasteiger partial charge in [-0.3, -0.25) is 4.79 Å². The van der Waals surface area contributed by atoms with E-state index in [2.05, 4.69) is 79.9 Å². The van der Waals surface area contributed by atoms with Crippen molar-refractivity contribution in [3.05, 3.63) is 60.8 Å². The molecule has 2 saturated heterocycles. The third-order valence-corrected chi connectivity index (χ3v) is 17.2. The molecule has 12 atom stereocenters. The van der Waals surface area contributed by atoms with E-state index in [0.29, 0.717) is 12.8 Å². The summed E-state index contributed by atoms with van der Waals surface area (Å²) in [5.41, 5.74) is 0. The van der Waals surface area contributed by atoms with Crippen LogP contribution in [0.4, 0.5) is 0 Å². The van der Waals surface area contributed by atoms with Crippen LogP contribution in [0.25, 0.3) is 0 Å². The number of amides is 1. The molecule has 9 N–H and O–H groups in total. The zero-order valence-electron chi connectivity index (χ0n) is 54.6. The Labute approximate surface area is 524 Å². The molecule has 86 heavy (non-hydrogen) atoms. The van der Waals surface area contributed by atoms with Gasteiger partial charge < -0.3 is 65.1 Å².